The quantitative estimate of drug-likeness (QED) is 0.425. The Morgan fingerprint density at radius 2 is 1.70 bits per heavy atom. The van der Waals surface area contributed by atoms with Gasteiger partial charge in [0.1, 0.15) is 28.2 Å². The van der Waals surface area contributed by atoms with Crippen LogP contribution in [0, 0.1) is 6.92 Å². The van der Waals surface area contributed by atoms with E-state index in [4.69, 9.17) is 4.74 Å². The van der Waals surface area contributed by atoms with Crippen molar-refractivity contribution in [2.24, 2.45) is 0 Å². The number of methoxy groups -OCH3 is 1. The minimum atomic E-state index is 0.255. The lowest BCUT2D eigenvalue weighted by molar-refractivity contribution is 0.415. The number of aromatic nitrogens is 3. The fraction of sp³-hybridized carbons (Fsp3) is 0.250. The lowest BCUT2D eigenvalue weighted by atomic mass is 10.0. The predicted molar refractivity (Wildman–Crippen MR) is 120 cm³/mol. The van der Waals surface area contributed by atoms with E-state index in [0.717, 1.165) is 58.5 Å². The summed E-state index contributed by atoms with van der Waals surface area (Å²) in [7, 11) is 1.65. The molecule has 3 aromatic carbocycles. The minimum absolute atomic E-state index is 0.255. The Labute approximate surface area is 176 Å². The number of ether oxygens (including phenoxy) is 1. The molecule has 6 heteroatoms. The Bertz CT molecular complexity index is 1170. The van der Waals surface area contributed by atoms with E-state index in [1.807, 2.05) is 61.5 Å². The predicted octanol–water partition coefficient (Wildman–Crippen LogP) is 5.53. The van der Waals surface area contributed by atoms with E-state index < -0.39 is 0 Å². The summed E-state index contributed by atoms with van der Waals surface area (Å²) in [5.74, 6) is 1.07. The Morgan fingerprint density at radius 1 is 0.967 bits per heavy atom. The number of phenols is 1. The van der Waals surface area contributed by atoms with E-state index >= 15 is 0 Å². The third-order valence-corrected chi connectivity index (χ3v) is 5.09. The summed E-state index contributed by atoms with van der Waals surface area (Å²) in [6.45, 7) is 4.17. The number of benzene rings is 3. The number of hydrogen-bond acceptors (Lipinski definition) is 5. The maximum atomic E-state index is 10.8. The molecule has 1 aromatic heterocycles. The van der Waals surface area contributed by atoms with Gasteiger partial charge < -0.3 is 15.2 Å². The highest BCUT2D eigenvalue weighted by Crippen LogP contribution is 2.30. The number of aromatic hydroxyl groups is 1. The SMILES string of the molecule is CCCCc1cc(C)cc(-n2nc3ccc(Nc4ccc(OC)cc4)cc3n2)c1O. The first-order chi connectivity index (χ1) is 14.6. The number of anilines is 2. The van der Waals surface area contributed by atoms with Crippen molar-refractivity contribution >= 4 is 22.4 Å². The Kier molecular flexibility index (Phi) is 5.57. The van der Waals surface area contributed by atoms with E-state index in [1.54, 1.807) is 7.11 Å². The van der Waals surface area contributed by atoms with Crippen LogP contribution in [-0.4, -0.2) is 27.2 Å². The van der Waals surface area contributed by atoms with Crippen LogP contribution < -0.4 is 10.1 Å². The summed E-state index contributed by atoms with van der Waals surface area (Å²) in [4.78, 5) is 1.53. The third kappa shape index (κ3) is 4.08. The van der Waals surface area contributed by atoms with E-state index in [1.165, 1.54) is 4.80 Å². The van der Waals surface area contributed by atoms with Crippen molar-refractivity contribution in [3.8, 4) is 17.2 Å². The van der Waals surface area contributed by atoms with Crippen molar-refractivity contribution in [2.45, 2.75) is 33.1 Å². The van der Waals surface area contributed by atoms with Gasteiger partial charge in [0.15, 0.2) is 0 Å². The summed E-state index contributed by atoms with van der Waals surface area (Å²) in [5, 5.41) is 23.4. The summed E-state index contributed by atoms with van der Waals surface area (Å²) >= 11 is 0. The van der Waals surface area contributed by atoms with Crippen LogP contribution in [0.4, 0.5) is 11.4 Å². The molecule has 0 fully saturated rings. The van der Waals surface area contributed by atoms with Gasteiger partial charge in [0, 0.05) is 11.4 Å². The van der Waals surface area contributed by atoms with Gasteiger partial charge in [0.2, 0.25) is 0 Å². The monoisotopic (exact) mass is 402 g/mol. The van der Waals surface area contributed by atoms with E-state index in [9.17, 15) is 5.11 Å². The molecule has 2 N–H and O–H groups in total. The largest absolute Gasteiger partial charge is 0.505 e. The van der Waals surface area contributed by atoms with Crippen molar-refractivity contribution < 1.29 is 9.84 Å². The number of phenolic OH excluding ortho intramolecular Hbond substituents is 1. The van der Waals surface area contributed by atoms with Gasteiger partial charge in [0.25, 0.3) is 0 Å². The fourth-order valence-electron chi connectivity index (χ4n) is 3.48. The second-order valence-electron chi connectivity index (χ2n) is 7.44. The molecule has 154 valence electrons. The van der Waals surface area contributed by atoms with Gasteiger partial charge in [-0.1, -0.05) is 19.4 Å². The zero-order valence-electron chi connectivity index (χ0n) is 17.5. The van der Waals surface area contributed by atoms with Crippen LogP contribution in [0.15, 0.2) is 54.6 Å². The first-order valence-corrected chi connectivity index (χ1v) is 10.2. The molecule has 0 aliphatic rings. The maximum absolute atomic E-state index is 10.8. The maximum Gasteiger partial charge on any atom is 0.146 e. The van der Waals surface area contributed by atoms with Crippen LogP contribution >= 0.6 is 0 Å². The Hall–Kier alpha value is -3.54. The number of rotatable bonds is 7. The smallest absolute Gasteiger partial charge is 0.146 e. The highest BCUT2D eigenvalue weighted by molar-refractivity contribution is 5.80. The first kappa shape index (κ1) is 19.8. The van der Waals surface area contributed by atoms with Gasteiger partial charge in [-0.05, 0) is 79.4 Å². The topological polar surface area (TPSA) is 72.2 Å². The van der Waals surface area contributed by atoms with Crippen molar-refractivity contribution in [1.29, 1.82) is 0 Å². The van der Waals surface area contributed by atoms with Crippen molar-refractivity contribution in [2.75, 3.05) is 12.4 Å². The summed E-state index contributed by atoms with van der Waals surface area (Å²) in [6.07, 6.45) is 2.95. The van der Waals surface area contributed by atoms with Crippen LogP contribution in [-0.2, 0) is 6.42 Å². The molecular formula is C24H26N4O2. The van der Waals surface area contributed by atoms with E-state index in [0.29, 0.717) is 5.69 Å². The van der Waals surface area contributed by atoms with E-state index in [2.05, 4.69) is 22.4 Å². The van der Waals surface area contributed by atoms with Gasteiger partial charge in [-0.3, -0.25) is 0 Å². The second-order valence-corrected chi connectivity index (χ2v) is 7.44. The normalized spacial score (nSPS) is 11.0. The standard InChI is InChI=1S/C24H26N4O2/c1-4-5-6-17-13-16(2)14-23(24(17)29)28-26-21-12-9-19(15-22(21)27-28)25-18-7-10-20(30-3)11-8-18/h7-15,25,29H,4-6H2,1-3H3. The molecule has 4 rings (SSSR count). The summed E-state index contributed by atoms with van der Waals surface area (Å²) in [6, 6.07) is 17.5. The molecule has 1 heterocycles. The molecule has 0 aliphatic heterocycles. The Balaban J connectivity index is 1.64. The van der Waals surface area contributed by atoms with Crippen molar-refractivity contribution in [3.63, 3.8) is 0 Å². The number of nitrogens with one attached hydrogen (secondary N) is 1. The van der Waals surface area contributed by atoms with Crippen LogP contribution in [0.25, 0.3) is 16.7 Å². The number of hydrogen-bond donors (Lipinski definition) is 2. The lowest BCUT2D eigenvalue weighted by Gasteiger charge is -2.10. The molecule has 4 aromatic rings. The average molecular weight is 402 g/mol. The molecule has 0 unspecified atom stereocenters. The van der Waals surface area contributed by atoms with Gasteiger partial charge in [-0.25, -0.2) is 0 Å². The zero-order valence-corrected chi connectivity index (χ0v) is 17.5. The highest BCUT2D eigenvalue weighted by Gasteiger charge is 2.14. The molecule has 0 saturated heterocycles. The molecule has 0 saturated carbocycles. The molecule has 0 spiro atoms. The van der Waals surface area contributed by atoms with Gasteiger partial charge >= 0.3 is 0 Å². The molecule has 0 bridgehead atoms. The fourth-order valence-corrected chi connectivity index (χ4v) is 3.48. The molecule has 0 radical (unpaired) electrons. The lowest BCUT2D eigenvalue weighted by Crippen LogP contribution is -2.02. The van der Waals surface area contributed by atoms with Crippen LogP contribution in [0.2, 0.25) is 0 Å². The number of nitrogens with zero attached hydrogens (tertiary/aromatic N) is 3. The van der Waals surface area contributed by atoms with Gasteiger partial charge in [-0.15, -0.1) is 15.0 Å². The molecule has 0 atom stereocenters. The molecular weight excluding hydrogens is 376 g/mol. The zero-order chi connectivity index (χ0) is 21.1. The number of unbranched alkanes of at least 4 members (excludes halogenated alkanes) is 1. The molecule has 30 heavy (non-hydrogen) atoms. The number of fused-ring (bicyclic) bond motifs is 1. The first-order valence-electron chi connectivity index (χ1n) is 10.2. The summed E-state index contributed by atoms with van der Waals surface area (Å²) in [5.41, 5.74) is 6.03. The van der Waals surface area contributed by atoms with Crippen molar-refractivity contribution in [1.82, 2.24) is 15.0 Å². The van der Waals surface area contributed by atoms with E-state index in [-0.39, 0.29) is 5.75 Å². The number of aryl methyl sites for hydroxylation is 2. The Morgan fingerprint density at radius 3 is 2.43 bits per heavy atom. The van der Waals surface area contributed by atoms with Gasteiger partial charge in [-0.2, -0.15) is 0 Å². The summed E-state index contributed by atoms with van der Waals surface area (Å²) < 4.78 is 5.20. The van der Waals surface area contributed by atoms with Gasteiger partial charge in [0.05, 0.1) is 7.11 Å². The third-order valence-electron chi connectivity index (χ3n) is 5.09. The molecule has 6 nitrogen and oxygen atoms in total. The molecule has 0 aliphatic carbocycles. The average Bonchev–Trinajstić information content (AvgIpc) is 3.18. The van der Waals surface area contributed by atoms with Crippen molar-refractivity contribution in [3.05, 3.63) is 65.7 Å². The second kappa shape index (κ2) is 8.45. The van der Waals surface area contributed by atoms with Crippen LogP contribution in [0.5, 0.6) is 11.5 Å². The van der Waals surface area contributed by atoms with Crippen LogP contribution in [0.3, 0.4) is 0 Å². The molecule has 0 amide bonds. The minimum Gasteiger partial charge on any atom is -0.505 e. The highest BCUT2D eigenvalue weighted by atomic mass is 16.5. The van der Waals surface area contributed by atoms with Crippen LogP contribution in [0.1, 0.15) is 30.9 Å².